The zero-order valence-corrected chi connectivity index (χ0v) is 18.7. The van der Waals surface area contributed by atoms with E-state index in [0.717, 1.165) is 38.3 Å². The van der Waals surface area contributed by atoms with Crippen LogP contribution in [0.15, 0.2) is 18.3 Å². The standard InChI is InChI=1S/C22H25F2N7O2/c1-12-7-19(28-21(26-12)22(3,23)24)31-16-8-18(27-13(2)32)25-9-15(16)20(29-31)30-10-14-5-4-6-33-17(14)11-30/h7-9,14,17H,4-6,10-11H2,1-3H3,(H,25,27,32). The van der Waals surface area contributed by atoms with Gasteiger partial charge in [0.05, 0.1) is 17.0 Å². The van der Waals surface area contributed by atoms with Gasteiger partial charge in [-0.15, -0.1) is 5.10 Å². The molecular formula is C22H25F2N7O2. The molecule has 0 aliphatic carbocycles. The summed E-state index contributed by atoms with van der Waals surface area (Å²) < 4.78 is 35.5. The van der Waals surface area contributed by atoms with E-state index in [0.29, 0.717) is 35.3 Å². The largest absolute Gasteiger partial charge is 0.376 e. The Kier molecular flexibility index (Phi) is 5.23. The average molecular weight is 457 g/mol. The lowest BCUT2D eigenvalue weighted by Crippen LogP contribution is -2.28. The fourth-order valence-electron chi connectivity index (χ4n) is 4.57. The Bertz CT molecular complexity index is 1210. The van der Waals surface area contributed by atoms with Crippen LogP contribution in [-0.4, -0.2) is 56.4 Å². The van der Waals surface area contributed by atoms with Gasteiger partial charge < -0.3 is 15.0 Å². The molecule has 3 aromatic rings. The molecule has 174 valence electrons. The topological polar surface area (TPSA) is 98.1 Å². The van der Waals surface area contributed by atoms with Crippen LogP contribution in [0.1, 0.15) is 38.2 Å². The number of alkyl halides is 2. The third kappa shape index (κ3) is 4.12. The third-order valence-electron chi connectivity index (χ3n) is 6.03. The third-order valence-corrected chi connectivity index (χ3v) is 6.03. The average Bonchev–Trinajstić information content (AvgIpc) is 3.33. The van der Waals surface area contributed by atoms with Crippen molar-refractivity contribution < 1.29 is 18.3 Å². The van der Waals surface area contributed by atoms with E-state index in [9.17, 15) is 13.6 Å². The SMILES string of the molecule is CC(=O)Nc1cc2c(cn1)c(N1CC3CCCOC3C1)nn2-c1cc(C)nc(C(C)(F)F)n1. The molecule has 33 heavy (non-hydrogen) atoms. The summed E-state index contributed by atoms with van der Waals surface area (Å²) >= 11 is 0. The second kappa shape index (κ2) is 7.98. The highest BCUT2D eigenvalue weighted by molar-refractivity contribution is 5.95. The van der Waals surface area contributed by atoms with Gasteiger partial charge in [0.15, 0.2) is 11.6 Å². The van der Waals surface area contributed by atoms with Gasteiger partial charge in [0.25, 0.3) is 0 Å². The molecule has 2 atom stereocenters. The monoisotopic (exact) mass is 457 g/mol. The van der Waals surface area contributed by atoms with Crippen LogP contribution >= 0.6 is 0 Å². The lowest BCUT2D eigenvalue weighted by molar-refractivity contribution is -0.114. The quantitative estimate of drug-likeness (QED) is 0.642. The van der Waals surface area contributed by atoms with E-state index in [1.165, 1.54) is 11.6 Å². The summed E-state index contributed by atoms with van der Waals surface area (Å²) in [6, 6.07) is 3.28. The van der Waals surface area contributed by atoms with Crippen LogP contribution in [0.5, 0.6) is 0 Å². The van der Waals surface area contributed by atoms with Crippen molar-refractivity contribution in [1.29, 1.82) is 0 Å². The summed E-state index contributed by atoms with van der Waals surface area (Å²) in [5.41, 5.74) is 1.00. The number of halogens is 2. The van der Waals surface area contributed by atoms with Crippen LogP contribution in [-0.2, 0) is 15.5 Å². The number of carbonyl (C=O) groups is 1. The first-order valence-electron chi connectivity index (χ1n) is 11.0. The van der Waals surface area contributed by atoms with Gasteiger partial charge in [-0.05, 0) is 19.8 Å². The number of anilines is 2. The number of hydrogen-bond donors (Lipinski definition) is 1. The molecule has 11 heteroatoms. The van der Waals surface area contributed by atoms with Crippen LogP contribution in [0, 0.1) is 12.8 Å². The summed E-state index contributed by atoms with van der Waals surface area (Å²) in [6.07, 6.45) is 3.94. The Morgan fingerprint density at radius 1 is 1.27 bits per heavy atom. The van der Waals surface area contributed by atoms with Crippen molar-refractivity contribution in [1.82, 2.24) is 24.7 Å². The summed E-state index contributed by atoms with van der Waals surface area (Å²) in [5, 5.41) is 8.19. The Morgan fingerprint density at radius 3 is 2.82 bits per heavy atom. The van der Waals surface area contributed by atoms with E-state index < -0.39 is 11.7 Å². The normalized spacial score (nSPS) is 20.8. The maximum absolute atomic E-state index is 14.0. The Hall–Kier alpha value is -3.21. The lowest BCUT2D eigenvalue weighted by atomic mass is 9.98. The molecule has 1 amide bonds. The number of ether oxygens (including phenoxy) is 1. The molecular weight excluding hydrogens is 432 g/mol. The van der Waals surface area contributed by atoms with Gasteiger partial charge in [-0.25, -0.2) is 19.6 Å². The maximum Gasteiger partial charge on any atom is 0.303 e. The minimum Gasteiger partial charge on any atom is -0.376 e. The van der Waals surface area contributed by atoms with E-state index in [1.54, 1.807) is 25.3 Å². The molecule has 0 bridgehead atoms. The first kappa shape index (κ1) is 21.6. The fraction of sp³-hybridized carbons (Fsp3) is 0.500. The Labute approximate surface area is 189 Å². The number of aromatic nitrogens is 5. The van der Waals surface area contributed by atoms with Crippen molar-refractivity contribution in [3.8, 4) is 5.82 Å². The van der Waals surface area contributed by atoms with Crippen molar-refractivity contribution in [3.63, 3.8) is 0 Å². The maximum atomic E-state index is 14.0. The number of nitrogens with one attached hydrogen (secondary N) is 1. The first-order valence-corrected chi connectivity index (χ1v) is 11.0. The molecule has 0 spiro atoms. The van der Waals surface area contributed by atoms with Gasteiger partial charge in [-0.3, -0.25) is 4.79 Å². The molecule has 5 heterocycles. The van der Waals surface area contributed by atoms with Crippen molar-refractivity contribution in [2.24, 2.45) is 5.92 Å². The van der Waals surface area contributed by atoms with E-state index >= 15 is 0 Å². The predicted molar refractivity (Wildman–Crippen MR) is 118 cm³/mol. The Balaban J connectivity index is 1.65. The van der Waals surface area contributed by atoms with E-state index in [4.69, 9.17) is 9.84 Å². The second-order valence-electron chi connectivity index (χ2n) is 8.80. The molecule has 2 fully saturated rings. The molecule has 5 rings (SSSR count). The number of pyridine rings is 1. The van der Waals surface area contributed by atoms with Gasteiger partial charge in [0.1, 0.15) is 5.82 Å². The number of amides is 1. The summed E-state index contributed by atoms with van der Waals surface area (Å²) in [5.74, 6) is -2.35. The van der Waals surface area contributed by atoms with Crippen molar-refractivity contribution in [3.05, 3.63) is 29.8 Å². The molecule has 0 aromatic carbocycles. The minimum absolute atomic E-state index is 0.150. The highest BCUT2D eigenvalue weighted by atomic mass is 19.3. The number of fused-ring (bicyclic) bond motifs is 2. The highest BCUT2D eigenvalue weighted by Crippen LogP contribution is 2.36. The number of hydrogen-bond acceptors (Lipinski definition) is 7. The Morgan fingerprint density at radius 2 is 2.09 bits per heavy atom. The van der Waals surface area contributed by atoms with Gasteiger partial charge in [0, 0.05) is 63.5 Å². The fourth-order valence-corrected chi connectivity index (χ4v) is 4.57. The smallest absolute Gasteiger partial charge is 0.303 e. The zero-order chi connectivity index (χ0) is 23.3. The second-order valence-corrected chi connectivity index (χ2v) is 8.80. The molecule has 2 aliphatic rings. The molecule has 0 radical (unpaired) electrons. The molecule has 9 nitrogen and oxygen atoms in total. The molecule has 2 saturated heterocycles. The zero-order valence-electron chi connectivity index (χ0n) is 18.7. The van der Waals surface area contributed by atoms with Crippen molar-refractivity contribution >= 4 is 28.4 Å². The number of aryl methyl sites for hydroxylation is 1. The number of rotatable bonds is 4. The molecule has 2 unspecified atom stereocenters. The molecule has 0 saturated carbocycles. The van der Waals surface area contributed by atoms with Gasteiger partial charge in [-0.1, -0.05) is 0 Å². The van der Waals surface area contributed by atoms with E-state index in [-0.39, 0.29) is 17.8 Å². The van der Waals surface area contributed by atoms with Crippen LogP contribution < -0.4 is 10.2 Å². The van der Waals surface area contributed by atoms with Crippen LogP contribution in [0.3, 0.4) is 0 Å². The van der Waals surface area contributed by atoms with Gasteiger partial charge in [0.2, 0.25) is 11.7 Å². The summed E-state index contributed by atoms with van der Waals surface area (Å²) in [7, 11) is 0. The van der Waals surface area contributed by atoms with Crippen LogP contribution in [0.25, 0.3) is 16.7 Å². The number of nitrogens with zero attached hydrogens (tertiary/aromatic N) is 6. The first-order chi connectivity index (χ1) is 15.7. The summed E-state index contributed by atoms with van der Waals surface area (Å²) in [6.45, 7) is 6.06. The van der Waals surface area contributed by atoms with Crippen LogP contribution in [0.2, 0.25) is 0 Å². The van der Waals surface area contributed by atoms with E-state index in [1.807, 2.05) is 0 Å². The molecule has 3 aromatic heterocycles. The predicted octanol–water partition coefficient (Wildman–Crippen LogP) is 3.20. The van der Waals surface area contributed by atoms with E-state index in [2.05, 4.69) is 25.2 Å². The van der Waals surface area contributed by atoms with Gasteiger partial charge >= 0.3 is 5.92 Å². The van der Waals surface area contributed by atoms with Crippen molar-refractivity contribution in [2.45, 2.75) is 45.6 Å². The van der Waals surface area contributed by atoms with Crippen molar-refractivity contribution in [2.75, 3.05) is 29.9 Å². The van der Waals surface area contributed by atoms with Crippen LogP contribution in [0.4, 0.5) is 20.4 Å². The summed E-state index contributed by atoms with van der Waals surface area (Å²) in [4.78, 5) is 26.1. The number of carbonyl (C=O) groups excluding carboxylic acids is 1. The molecule has 1 N–H and O–H groups in total. The lowest BCUT2D eigenvalue weighted by Gasteiger charge is -2.23. The highest BCUT2D eigenvalue weighted by Gasteiger charge is 2.37. The minimum atomic E-state index is -3.20. The van der Waals surface area contributed by atoms with Gasteiger partial charge in [-0.2, -0.15) is 8.78 Å². The molecule has 2 aliphatic heterocycles.